The number of carbonyl (C=O) groups excluding carboxylic acids is 1. The van der Waals surface area contributed by atoms with Gasteiger partial charge in [-0.1, -0.05) is 48.6 Å². The Morgan fingerprint density at radius 1 is 1.56 bits per heavy atom. The highest BCUT2D eigenvalue weighted by Gasteiger charge is 2.45. The Morgan fingerprint density at radius 2 is 2.19 bits per heavy atom. The Morgan fingerprint density at radius 3 is 2.56 bits per heavy atom. The molecule has 0 aromatic heterocycles. The van der Waals surface area contributed by atoms with E-state index in [-0.39, 0.29) is 18.0 Å². The monoisotopic (exact) mass is 336 g/mol. The van der Waals surface area contributed by atoms with Crippen molar-refractivity contribution in [2.75, 3.05) is 0 Å². The zero-order valence-corrected chi connectivity index (χ0v) is 12.6. The first kappa shape index (κ1) is 14.0. The van der Waals surface area contributed by atoms with Gasteiger partial charge in [0, 0.05) is 9.84 Å². The lowest BCUT2D eigenvalue weighted by atomic mass is 9.80. The largest absolute Gasteiger partial charge is 0.461 e. The molecule has 2 nitrogen and oxygen atoms in total. The lowest BCUT2D eigenvalue weighted by molar-refractivity contribution is -0.144. The zero-order valence-electron chi connectivity index (χ0n) is 10.4. The third-order valence-corrected chi connectivity index (χ3v) is 4.14. The van der Waals surface area contributed by atoms with E-state index in [1.165, 1.54) is 0 Å². The first-order valence-corrected chi connectivity index (χ1v) is 7.24. The third-order valence-electron chi connectivity index (χ3n) is 3.43. The number of hydrogen-bond donors (Lipinski definition) is 0. The molecule has 1 saturated heterocycles. The molecule has 0 spiro atoms. The summed E-state index contributed by atoms with van der Waals surface area (Å²) in [6.07, 6.45) is 5.26. The van der Waals surface area contributed by atoms with Gasteiger partial charge in [0.2, 0.25) is 0 Å². The number of hydrogen-bond acceptors (Lipinski definition) is 2. The summed E-state index contributed by atoms with van der Waals surface area (Å²) in [5.74, 6) is 0.683. The van der Waals surface area contributed by atoms with Crippen LogP contribution in [0.4, 0.5) is 0 Å². The number of carbonyl (C=O) groups is 1. The molecule has 3 heteroatoms. The van der Waals surface area contributed by atoms with E-state index in [0.717, 1.165) is 6.42 Å². The van der Waals surface area contributed by atoms with E-state index in [4.69, 9.17) is 4.74 Å². The molecular formula is C13H21IO2. The zero-order chi connectivity index (χ0) is 12.3. The van der Waals surface area contributed by atoms with Crippen LogP contribution < -0.4 is 0 Å². The van der Waals surface area contributed by atoms with E-state index in [0.29, 0.717) is 15.8 Å². The lowest BCUT2D eigenvalue weighted by Crippen LogP contribution is -2.27. The number of halogens is 1. The van der Waals surface area contributed by atoms with E-state index >= 15 is 0 Å². The Labute approximate surface area is 112 Å². The summed E-state index contributed by atoms with van der Waals surface area (Å²) >= 11 is 2.34. The van der Waals surface area contributed by atoms with Gasteiger partial charge >= 0.3 is 5.97 Å². The highest BCUT2D eigenvalue weighted by atomic mass is 127. The van der Waals surface area contributed by atoms with Crippen molar-refractivity contribution in [3.63, 3.8) is 0 Å². The van der Waals surface area contributed by atoms with Crippen LogP contribution in [0, 0.1) is 17.8 Å². The fourth-order valence-corrected chi connectivity index (χ4v) is 3.37. The molecule has 0 unspecified atom stereocenters. The van der Waals surface area contributed by atoms with Gasteiger partial charge in [-0.2, -0.15) is 0 Å². The van der Waals surface area contributed by atoms with Crippen molar-refractivity contribution in [1.82, 2.24) is 0 Å². The highest BCUT2D eigenvalue weighted by Crippen LogP contribution is 2.38. The minimum atomic E-state index is -0.00836. The average Bonchev–Trinajstić information content (AvgIpc) is 2.52. The fraction of sp³-hybridized carbons (Fsp3) is 0.769. The van der Waals surface area contributed by atoms with Crippen LogP contribution in [0.5, 0.6) is 0 Å². The average molecular weight is 336 g/mol. The summed E-state index contributed by atoms with van der Waals surface area (Å²) in [4.78, 5) is 11.9. The van der Waals surface area contributed by atoms with Crippen LogP contribution >= 0.6 is 22.6 Å². The van der Waals surface area contributed by atoms with Crippen molar-refractivity contribution < 1.29 is 9.53 Å². The Kier molecular flexibility index (Phi) is 5.28. The van der Waals surface area contributed by atoms with Crippen molar-refractivity contribution in [1.29, 1.82) is 0 Å². The van der Waals surface area contributed by atoms with Crippen molar-refractivity contribution in [3.05, 3.63) is 12.2 Å². The van der Waals surface area contributed by atoms with Crippen molar-refractivity contribution >= 4 is 28.6 Å². The second kappa shape index (κ2) is 6.03. The maximum absolute atomic E-state index is 11.9. The second-order valence-corrected chi connectivity index (χ2v) is 6.53. The number of cyclic esters (lactones) is 1. The number of esters is 1. The first-order valence-electron chi connectivity index (χ1n) is 6.00. The van der Waals surface area contributed by atoms with Gasteiger partial charge in [-0.15, -0.1) is 0 Å². The molecule has 1 rings (SSSR count). The first-order chi connectivity index (χ1) is 7.52. The molecule has 0 aromatic carbocycles. The number of ether oxygens (including phenoxy) is 1. The Balaban J connectivity index is 2.84. The van der Waals surface area contributed by atoms with Gasteiger partial charge in [0.05, 0.1) is 5.92 Å². The molecule has 0 radical (unpaired) electrons. The standard InChI is InChI=1S/C13H21IO2/c1-5-7-10(6-2)11-8(3)12(9(4)14)16-13(11)15/h5,7-12H,6H2,1-4H3/b7-5+/t8-,9-,10-,11-,12+/m1/s1. The van der Waals surface area contributed by atoms with Crippen LogP contribution in [0.2, 0.25) is 0 Å². The summed E-state index contributed by atoms with van der Waals surface area (Å²) in [5, 5.41) is 0. The molecule has 0 N–H and O–H groups in total. The van der Waals surface area contributed by atoms with Crippen LogP contribution in [0.15, 0.2) is 12.2 Å². The molecule has 0 saturated carbocycles. The van der Waals surface area contributed by atoms with Crippen LogP contribution in [-0.2, 0) is 9.53 Å². The number of alkyl halides is 1. The van der Waals surface area contributed by atoms with Gasteiger partial charge < -0.3 is 4.74 Å². The molecule has 16 heavy (non-hydrogen) atoms. The minimum absolute atomic E-state index is 0.00836. The van der Waals surface area contributed by atoms with Crippen LogP contribution in [0.1, 0.15) is 34.1 Å². The predicted molar refractivity (Wildman–Crippen MR) is 74.6 cm³/mol. The third kappa shape index (κ3) is 2.79. The van der Waals surface area contributed by atoms with Gasteiger partial charge in [0.25, 0.3) is 0 Å². The van der Waals surface area contributed by atoms with Crippen molar-refractivity contribution in [2.45, 2.75) is 44.1 Å². The topological polar surface area (TPSA) is 26.3 Å². The molecule has 0 amide bonds. The molecule has 1 aliphatic rings. The Bertz CT molecular complexity index is 273. The van der Waals surface area contributed by atoms with Crippen LogP contribution in [0.3, 0.4) is 0 Å². The SMILES string of the molecule is C/C=C/[C@@H](CC)[C@@H]1C(=O)O[C@H]([C@@H](C)I)[C@@H]1C. The van der Waals surface area contributed by atoms with E-state index in [2.05, 4.69) is 49.4 Å². The summed E-state index contributed by atoms with van der Waals surface area (Å²) in [5.41, 5.74) is 0. The van der Waals surface area contributed by atoms with Crippen LogP contribution in [-0.4, -0.2) is 16.0 Å². The van der Waals surface area contributed by atoms with E-state index in [9.17, 15) is 4.79 Å². The lowest BCUT2D eigenvalue weighted by Gasteiger charge is -2.22. The molecular weight excluding hydrogens is 315 g/mol. The number of allylic oxidation sites excluding steroid dienone is 2. The predicted octanol–water partition coefficient (Wildman–Crippen LogP) is 3.59. The second-order valence-electron chi connectivity index (χ2n) is 4.56. The van der Waals surface area contributed by atoms with Crippen LogP contribution in [0.25, 0.3) is 0 Å². The molecule has 5 atom stereocenters. The fourth-order valence-electron chi connectivity index (χ4n) is 2.57. The summed E-state index contributed by atoms with van der Waals surface area (Å²) in [7, 11) is 0. The van der Waals surface area contributed by atoms with E-state index in [1.54, 1.807) is 0 Å². The molecule has 1 fully saturated rings. The van der Waals surface area contributed by atoms with E-state index < -0.39 is 0 Å². The van der Waals surface area contributed by atoms with Crippen molar-refractivity contribution in [3.8, 4) is 0 Å². The van der Waals surface area contributed by atoms with Gasteiger partial charge in [0.15, 0.2) is 0 Å². The van der Waals surface area contributed by atoms with Crippen molar-refractivity contribution in [2.24, 2.45) is 17.8 Å². The smallest absolute Gasteiger partial charge is 0.310 e. The number of rotatable bonds is 4. The molecule has 0 aliphatic carbocycles. The molecule has 1 heterocycles. The highest BCUT2D eigenvalue weighted by molar-refractivity contribution is 14.1. The minimum Gasteiger partial charge on any atom is -0.461 e. The van der Waals surface area contributed by atoms with Gasteiger partial charge in [-0.3, -0.25) is 4.79 Å². The van der Waals surface area contributed by atoms with Gasteiger partial charge in [-0.05, 0) is 26.2 Å². The molecule has 0 aromatic rings. The van der Waals surface area contributed by atoms with Gasteiger partial charge in [-0.25, -0.2) is 0 Å². The Hall–Kier alpha value is -0.0600. The maximum atomic E-state index is 11.9. The molecule has 1 aliphatic heterocycles. The maximum Gasteiger partial charge on any atom is 0.310 e. The van der Waals surface area contributed by atoms with Gasteiger partial charge in [0.1, 0.15) is 6.10 Å². The molecule has 0 bridgehead atoms. The summed E-state index contributed by atoms with van der Waals surface area (Å²) in [6, 6.07) is 0. The molecule has 92 valence electrons. The van der Waals surface area contributed by atoms with E-state index in [1.807, 2.05) is 13.0 Å². The summed E-state index contributed by atoms with van der Waals surface area (Å²) < 4.78 is 5.88. The normalized spacial score (nSPS) is 34.1. The quantitative estimate of drug-likeness (QED) is 0.339. The summed E-state index contributed by atoms with van der Waals surface area (Å²) in [6.45, 7) is 8.38.